The number of amides is 2. The van der Waals surface area contributed by atoms with E-state index in [9.17, 15) is 14.9 Å². The van der Waals surface area contributed by atoms with Crippen LogP contribution in [-0.2, 0) is 22.4 Å². The third-order valence-corrected chi connectivity index (χ3v) is 5.73. The molecule has 3 heterocycles. The number of hydrogen-bond donors (Lipinski definition) is 1. The molecule has 1 aromatic carbocycles. The van der Waals surface area contributed by atoms with Crippen LogP contribution in [0.25, 0.3) is 5.82 Å². The van der Waals surface area contributed by atoms with E-state index >= 15 is 0 Å². The summed E-state index contributed by atoms with van der Waals surface area (Å²) >= 11 is 0. The van der Waals surface area contributed by atoms with Gasteiger partial charge in [-0.3, -0.25) is 9.59 Å². The number of nitriles is 1. The van der Waals surface area contributed by atoms with Crippen molar-refractivity contribution in [3.05, 3.63) is 65.5 Å². The fourth-order valence-electron chi connectivity index (χ4n) is 4.08. The molecule has 1 fully saturated rings. The highest BCUT2D eigenvalue weighted by Gasteiger charge is 2.37. The van der Waals surface area contributed by atoms with E-state index in [2.05, 4.69) is 35.3 Å². The van der Waals surface area contributed by atoms with Crippen LogP contribution in [0, 0.1) is 17.2 Å². The molecule has 8 heteroatoms. The number of nitrogens with one attached hydrogen (secondary N) is 1. The van der Waals surface area contributed by atoms with Gasteiger partial charge in [-0.1, -0.05) is 38.1 Å². The van der Waals surface area contributed by atoms with Crippen LogP contribution in [0.3, 0.4) is 0 Å². The van der Waals surface area contributed by atoms with Gasteiger partial charge in [-0.2, -0.15) is 15.0 Å². The van der Waals surface area contributed by atoms with Crippen molar-refractivity contribution in [1.29, 1.82) is 5.26 Å². The van der Waals surface area contributed by atoms with Crippen molar-refractivity contribution in [2.75, 3.05) is 16.8 Å². The molecular weight excluding hydrogens is 404 g/mol. The lowest BCUT2D eigenvalue weighted by molar-refractivity contribution is -0.122. The molecule has 1 saturated heterocycles. The summed E-state index contributed by atoms with van der Waals surface area (Å²) in [7, 11) is 0. The molecule has 0 radical (unpaired) electrons. The Balaban J connectivity index is 1.59. The van der Waals surface area contributed by atoms with Gasteiger partial charge in [-0.25, -0.2) is 4.98 Å². The fraction of sp³-hybridized carbons (Fsp3) is 0.292. The van der Waals surface area contributed by atoms with Gasteiger partial charge in [-0.15, -0.1) is 0 Å². The highest BCUT2D eigenvalue weighted by atomic mass is 16.2. The first-order chi connectivity index (χ1) is 15.6. The standard InChI is InChI=1S/C24H24N6O2/c1-3-16-8-7-9-17(4-2)22(16)29-15-18(12-21(29)31)24(32)28-23-19(13-25)14-27-30(23)20-10-5-6-11-26-20/h5-11,14,18H,3-4,12,15H2,1-2H3,(H,28,32). The van der Waals surface area contributed by atoms with Crippen molar-refractivity contribution >= 4 is 23.3 Å². The third-order valence-electron chi connectivity index (χ3n) is 5.73. The van der Waals surface area contributed by atoms with Crippen molar-refractivity contribution < 1.29 is 9.59 Å². The number of anilines is 2. The van der Waals surface area contributed by atoms with Crippen molar-refractivity contribution in [1.82, 2.24) is 14.8 Å². The Hall–Kier alpha value is -3.99. The predicted molar refractivity (Wildman–Crippen MR) is 120 cm³/mol. The molecule has 2 amide bonds. The van der Waals surface area contributed by atoms with Gasteiger partial charge in [0.2, 0.25) is 11.8 Å². The van der Waals surface area contributed by atoms with Gasteiger partial charge in [0.05, 0.1) is 12.1 Å². The number of aromatic nitrogens is 3. The molecule has 0 bridgehead atoms. The number of rotatable bonds is 6. The summed E-state index contributed by atoms with van der Waals surface area (Å²) in [6.45, 7) is 4.42. The molecular formula is C24H24N6O2. The number of hydrogen-bond acceptors (Lipinski definition) is 5. The molecule has 4 rings (SSSR count). The molecule has 8 nitrogen and oxygen atoms in total. The number of aryl methyl sites for hydroxylation is 2. The van der Waals surface area contributed by atoms with Crippen LogP contribution in [0.4, 0.5) is 11.5 Å². The zero-order valence-corrected chi connectivity index (χ0v) is 18.1. The molecule has 32 heavy (non-hydrogen) atoms. The van der Waals surface area contributed by atoms with Gasteiger partial charge in [0.25, 0.3) is 0 Å². The van der Waals surface area contributed by atoms with Crippen LogP contribution in [0.1, 0.15) is 37.0 Å². The highest BCUT2D eigenvalue weighted by Crippen LogP contribution is 2.33. The molecule has 1 N–H and O–H groups in total. The first-order valence-electron chi connectivity index (χ1n) is 10.7. The minimum Gasteiger partial charge on any atom is -0.311 e. The van der Waals surface area contributed by atoms with Crippen molar-refractivity contribution in [2.24, 2.45) is 5.92 Å². The van der Waals surface area contributed by atoms with E-state index in [1.807, 2.05) is 18.2 Å². The Morgan fingerprint density at radius 2 is 1.94 bits per heavy atom. The van der Waals surface area contributed by atoms with E-state index in [0.29, 0.717) is 12.4 Å². The van der Waals surface area contributed by atoms with Crippen LogP contribution in [0.5, 0.6) is 0 Å². The summed E-state index contributed by atoms with van der Waals surface area (Å²) in [5.41, 5.74) is 3.35. The Kier molecular flexibility index (Phi) is 5.99. The second-order valence-corrected chi connectivity index (χ2v) is 7.65. The summed E-state index contributed by atoms with van der Waals surface area (Å²) in [6, 6.07) is 13.4. The second-order valence-electron chi connectivity index (χ2n) is 7.65. The van der Waals surface area contributed by atoms with E-state index in [1.54, 1.807) is 29.3 Å². The Bertz CT molecular complexity index is 1170. The summed E-state index contributed by atoms with van der Waals surface area (Å²) < 4.78 is 1.42. The molecule has 0 saturated carbocycles. The maximum Gasteiger partial charge on any atom is 0.231 e. The zero-order chi connectivity index (χ0) is 22.7. The van der Waals surface area contributed by atoms with Crippen molar-refractivity contribution in [3.63, 3.8) is 0 Å². The van der Waals surface area contributed by atoms with Gasteiger partial charge in [-0.05, 0) is 36.1 Å². The second kappa shape index (κ2) is 9.02. The largest absolute Gasteiger partial charge is 0.311 e. The normalized spacial score (nSPS) is 15.6. The first-order valence-corrected chi connectivity index (χ1v) is 10.7. The van der Waals surface area contributed by atoms with Crippen LogP contribution < -0.4 is 10.2 Å². The minimum atomic E-state index is -0.532. The third kappa shape index (κ3) is 3.85. The summed E-state index contributed by atoms with van der Waals surface area (Å²) in [4.78, 5) is 32.0. The smallest absolute Gasteiger partial charge is 0.231 e. The molecule has 1 unspecified atom stereocenters. The molecule has 1 aliphatic heterocycles. The van der Waals surface area contributed by atoms with Crippen molar-refractivity contribution in [2.45, 2.75) is 33.1 Å². The number of nitrogens with zero attached hydrogens (tertiary/aromatic N) is 5. The predicted octanol–water partition coefficient (Wildman–Crippen LogP) is 3.26. The van der Waals surface area contributed by atoms with Gasteiger partial charge < -0.3 is 10.2 Å². The molecule has 162 valence electrons. The Morgan fingerprint density at radius 3 is 2.56 bits per heavy atom. The van der Waals surface area contributed by atoms with Crippen LogP contribution in [0.2, 0.25) is 0 Å². The Labute approximate surface area is 186 Å². The summed E-state index contributed by atoms with van der Waals surface area (Å²) in [5, 5.41) is 16.5. The van der Waals surface area contributed by atoms with E-state index in [-0.39, 0.29) is 29.6 Å². The SMILES string of the molecule is CCc1cccc(CC)c1N1CC(C(=O)Nc2c(C#N)cnn2-c2ccccn2)CC1=O. The number of carbonyl (C=O) groups is 2. The topological polar surface area (TPSA) is 104 Å². The lowest BCUT2D eigenvalue weighted by Crippen LogP contribution is -2.30. The van der Waals surface area contributed by atoms with E-state index in [0.717, 1.165) is 29.7 Å². The van der Waals surface area contributed by atoms with Gasteiger partial charge in [0.1, 0.15) is 11.6 Å². The zero-order valence-electron chi connectivity index (χ0n) is 18.1. The monoisotopic (exact) mass is 428 g/mol. The molecule has 0 spiro atoms. The number of pyridine rings is 1. The van der Waals surface area contributed by atoms with Crippen LogP contribution in [0.15, 0.2) is 48.8 Å². The van der Waals surface area contributed by atoms with Crippen LogP contribution in [-0.4, -0.2) is 33.1 Å². The Morgan fingerprint density at radius 1 is 1.19 bits per heavy atom. The number of benzene rings is 1. The minimum absolute atomic E-state index is 0.0699. The maximum atomic E-state index is 13.1. The highest BCUT2D eigenvalue weighted by molar-refractivity contribution is 6.04. The quantitative estimate of drug-likeness (QED) is 0.649. The van der Waals surface area contributed by atoms with Crippen LogP contribution >= 0.6 is 0 Å². The summed E-state index contributed by atoms with van der Waals surface area (Å²) in [6.07, 6.45) is 4.73. The number of carbonyl (C=O) groups excluding carboxylic acids is 2. The van der Waals surface area contributed by atoms with E-state index < -0.39 is 5.92 Å². The van der Waals surface area contributed by atoms with Gasteiger partial charge >= 0.3 is 0 Å². The van der Waals surface area contributed by atoms with E-state index in [1.165, 1.54) is 10.9 Å². The molecule has 1 aliphatic rings. The lowest BCUT2D eigenvalue weighted by atomic mass is 10.0. The lowest BCUT2D eigenvalue weighted by Gasteiger charge is -2.23. The fourth-order valence-corrected chi connectivity index (χ4v) is 4.08. The summed E-state index contributed by atoms with van der Waals surface area (Å²) in [5.74, 6) is -0.180. The van der Waals surface area contributed by atoms with E-state index in [4.69, 9.17) is 0 Å². The van der Waals surface area contributed by atoms with Gasteiger partial charge in [0.15, 0.2) is 11.6 Å². The molecule has 0 aliphatic carbocycles. The molecule has 3 aromatic rings. The van der Waals surface area contributed by atoms with Crippen molar-refractivity contribution in [3.8, 4) is 11.9 Å². The van der Waals surface area contributed by atoms with Gasteiger partial charge in [0, 0.05) is 24.8 Å². The maximum absolute atomic E-state index is 13.1. The average Bonchev–Trinajstić information content (AvgIpc) is 3.42. The first kappa shape index (κ1) is 21.2. The average molecular weight is 428 g/mol. The molecule has 1 atom stereocenters. The number of para-hydroxylation sites is 1. The molecule has 2 aromatic heterocycles.